The van der Waals surface area contributed by atoms with E-state index in [9.17, 15) is 9.59 Å². The van der Waals surface area contributed by atoms with Crippen LogP contribution in [-0.4, -0.2) is 41.6 Å². The van der Waals surface area contributed by atoms with Gasteiger partial charge in [0.1, 0.15) is 18.4 Å². The maximum Gasteiger partial charge on any atom is 0.246 e. The minimum atomic E-state index is -0.500. The van der Waals surface area contributed by atoms with E-state index in [2.05, 4.69) is 5.32 Å². The molecule has 1 unspecified atom stereocenters. The van der Waals surface area contributed by atoms with Crippen molar-refractivity contribution in [1.29, 1.82) is 0 Å². The van der Waals surface area contributed by atoms with Gasteiger partial charge in [0.05, 0.1) is 0 Å². The van der Waals surface area contributed by atoms with Crippen molar-refractivity contribution in [2.75, 3.05) is 18.8 Å². The molecule has 1 aliphatic heterocycles. The van der Waals surface area contributed by atoms with Crippen LogP contribution in [0.25, 0.3) is 0 Å². The van der Waals surface area contributed by atoms with Gasteiger partial charge in [-0.1, -0.05) is 43.2 Å². The lowest BCUT2D eigenvalue weighted by Gasteiger charge is -2.26. The third-order valence-electron chi connectivity index (χ3n) is 5.08. The molecular weight excluding hydrogens is 396 g/mol. The Labute approximate surface area is 183 Å². The SMILES string of the molecule is CC(=O)NC(CSc1ccc(OCc2ccccc2)cc1)C(=O)N1CCCCCC1. The van der Waals surface area contributed by atoms with Gasteiger partial charge >= 0.3 is 0 Å². The van der Waals surface area contributed by atoms with Gasteiger partial charge in [-0.05, 0) is 42.7 Å². The number of hydrogen-bond acceptors (Lipinski definition) is 4. The maximum atomic E-state index is 13.0. The predicted octanol–water partition coefficient (Wildman–Crippen LogP) is 4.27. The standard InChI is InChI=1S/C24H30N2O3S/c1-19(27)25-23(24(28)26-15-7-2-3-8-16-26)18-30-22-13-11-21(12-14-22)29-17-20-9-5-4-6-10-20/h4-6,9-14,23H,2-3,7-8,15-18H2,1H3,(H,25,27). The van der Waals surface area contributed by atoms with Crippen molar-refractivity contribution in [2.45, 2.75) is 50.2 Å². The Kier molecular flexibility index (Phi) is 8.63. The van der Waals surface area contributed by atoms with Crippen molar-refractivity contribution in [2.24, 2.45) is 0 Å². The highest BCUT2D eigenvalue weighted by Crippen LogP contribution is 2.23. The zero-order valence-corrected chi connectivity index (χ0v) is 18.3. The van der Waals surface area contributed by atoms with Crippen LogP contribution in [0.15, 0.2) is 59.5 Å². The van der Waals surface area contributed by atoms with Crippen LogP contribution in [0, 0.1) is 0 Å². The normalized spacial score (nSPS) is 15.2. The molecule has 1 fully saturated rings. The van der Waals surface area contributed by atoms with E-state index in [-0.39, 0.29) is 11.8 Å². The van der Waals surface area contributed by atoms with E-state index in [1.54, 1.807) is 11.8 Å². The first-order valence-electron chi connectivity index (χ1n) is 10.6. The molecule has 6 heteroatoms. The first-order chi connectivity index (χ1) is 14.6. The third kappa shape index (κ3) is 7.10. The van der Waals surface area contributed by atoms with Crippen LogP contribution >= 0.6 is 11.8 Å². The smallest absolute Gasteiger partial charge is 0.246 e. The highest BCUT2D eigenvalue weighted by atomic mass is 32.2. The number of amides is 2. The Balaban J connectivity index is 1.53. The molecule has 0 spiro atoms. The number of carbonyl (C=O) groups is 2. The number of benzene rings is 2. The van der Waals surface area contributed by atoms with Gasteiger partial charge in [0.2, 0.25) is 11.8 Å². The molecule has 2 aromatic carbocycles. The molecule has 2 amide bonds. The Bertz CT molecular complexity index is 803. The molecule has 0 saturated carbocycles. The lowest BCUT2D eigenvalue weighted by molar-refractivity contribution is -0.135. The fourth-order valence-corrected chi connectivity index (χ4v) is 4.40. The molecule has 3 rings (SSSR count). The summed E-state index contributed by atoms with van der Waals surface area (Å²) >= 11 is 1.57. The van der Waals surface area contributed by atoms with E-state index in [0.29, 0.717) is 12.4 Å². The lowest BCUT2D eigenvalue weighted by Crippen LogP contribution is -2.49. The molecule has 0 aromatic heterocycles. The summed E-state index contributed by atoms with van der Waals surface area (Å²) in [6.07, 6.45) is 4.41. The highest BCUT2D eigenvalue weighted by molar-refractivity contribution is 7.99. The van der Waals surface area contributed by atoms with Crippen LogP contribution in [0.2, 0.25) is 0 Å². The van der Waals surface area contributed by atoms with Gasteiger partial charge in [0.25, 0.3) is 0 Å². The van der Waals surface area contributed by atoms with Gasteiger partial charge in [0, 0.05) is 30.7 Å². The number of rotatable bonds is 8. The Morgan fingerprint density at radius 1 is 1.00 bits per heavy atom. The molecule has 0 radical (unpaired) electrons. The van der Waals surface area contributed by atoms with E-state index in [1.165, 1.54) is 19.8 Å². The molecule has 160 valence electrons. The monoisotopic (exact) mass is 426 g/mol. The molecule has 5 nitrogen and oxygen atoms in total. The number of likely N-dealkylation sites (tertiary alicyclic amines) is 1. The second kappa shape index (κ2) is 11.6. The van der Waals surface area contributed by atoms with Crippen molar-refractivity contribution in [3.05, 3.63) is 60.2 Å². The van der Waals surface area contributed by atoms with E-state index in [4.69, 9.17) is 4.74 Å². The highest BCUT2D eigenvalue weighted by Gasteiger charge is 2.25. The summed E-state index contributed by atoms with van der Waals surface area (Å²) in [6, 6.07) is 17.4. The fraction of sp³-hybridized carbons (Fsp3) is 0.417. The second-order valence-electron chi connectivity index (χ2n) is 7.55. The Hall–Kier alpha value is -2.47. The van der Waals surface area contributed by atoms with Gasteiger partial charge in [0.15, 0.2) is 0 Å². The zero-order valence-electron chi connectivity index (χ0n) is 17.5. The molecule has 30 heavy (non-hydrogen) atoms. The van der Waals surface area contributed by atoms with Gasteiger partial charge in [-0.3, -0.25) is 9.59 Å². The molecule has 1 N–H and O–H groups in total. The molecule has 1 heterocycles. The minimum absolute atomic E-state index is 0.0300. The summed E-state index contributed by atoms with van der Waals surface area (Å²) in [5.41, 5.74) is 1.13. The predicted molar refractivity (Wildman–Crippen MR) is 121 cm³/mol. The molecule has 0 aliphatic carbocycles. The van der Waals surface area contributed by atoms with Gasteiger partial charge in [-0.15, -0.1) is 11.8 Å². The van der Waals surface area contributed by atoms with E-state index >= 15 is 0 Å². The minimum Gasteiger partial charge on any atom is -0.489 e. The Morgan fingerprint density at radius 2 is 1.67 bits per heavy atom. The third-order valence-corrected chi connectivity index (χ3v) is 6.19. The first-order valence-corrected chi connectivity index (χ1v) is 11.6. The zero-order chi connectivity index (χ0) is 21.2. The van der Waals surface area contributed by atoms with Crippen LogP contribution in [0.5, 0.6) is 5.75 Å². The fourth-order valence-electron chi connectivity index (χ4n) is 3.48. The average molecular weight is 427 g/mol. The topological polar surface area (TPSA) is 58.6 Å². The molecule has 1 atom stereocenters. The summed E-state index contributed by atoms with van der Waals surface area (Å²) in [4.78, 5) is 27.6. The van der Waals surface area contributed by atoms with Crippen LogP contribution in [0.1, 0.15) is 38.2 Å². The molecule has 1 aliphatic rings. The number of nitrogens with one attached hydrogen (secondary N) is 1. The molecule has 1 saturated heterocycles. The number of thioether (sulfide) groups is 1. The summed E-state index contributed by atoms with van der Waals surface area (Å²) in [5.74, 6) is 1.18. The van der Waals surface area contributed by atoms with Crippen LogP contribution in [-0.2, 0) is 16.2 Å². The van der Waals surface area contributed by atoms with Gasteiger partial charge < -0.3 is 15.0 Å². The van der Waals surface area contributed by atoms with Gasteiger partial charge in [-0.25, -0.2) is 0 Å². The van der Waals surface area contributed by atoms with E-state index < -0.39 is 6.04 Å². The number of ether oxygens (including phenoxy) is 1. The number of nitrogens with zero attached hydrogens (tertiary/aromatic N) is 1. The Morgan fingerprint density at radius 3 is 2.30 bits per heavy atom. The largest absolute Gasteiger partial charge is 0.489 e. The van der Waals surface area contributed by atoms with Crippen molar-refractivity contribution in [3.63, 3.8) is 0 Å². The molecule has 2 aromatic rings. The first kappa shape index (κ1) is 22.2. The van der Waals surface area contributed by atoms with Crippen LogP contribution in [0.3, 0.4) is 0 Å². The number of carbonyl (C=O) groups excluding carboxylic acids is 2. The summed E-state index contributed by atoms with van der Waals surface area (Å²) in [6.45, 7) is 3.56. The summed E-state index contributed by atoms with van der Waals surface area (Å²) in [7, 11) is 0. The summed E-state index contributed by atoms with van der Waals surface area (Å²) in [5, 5.41) is 2.84. The second-order valence-corrected chi connectivity index (χ2v) is 8.64. The van der Waals surface area contributed by atoms with Crippen LogP contribution < -0.4 is 10.1 Å². The van der Waals surface area contributed by atoms with Crippen molar-refractivity contribution in [1.82, 2.24) is 10.2 Å². The number of hydrogen-bond donors (Lipinski definition) is 1. The van der Waals surface area contributed by atoms with Crippen LogP contribution in [0.4, 0.5) is 0 Å². The molecular formula is C24H30N2O3S. The van der Waals surface area contributed by atoms with E-state index in [1.807, 2.05) is 59.5 Å². The van der Waals surface area contributed by atoms with Crippen molar-refractivity contribution < 1.29 is 14.3 Å². The van der Waals surface area contributed by atoms with Gasteiger partial charge in [-0.2, -0.15) is 0 Å². The van der Waals surface area contributed by atoms with E-state index in [0.717, 1.165) is 42.1 Å². The average Bonchev–Trinajstić information content (AvgIpc) is 3.05. The summed E-state index contributed by atoms with van der Waals surface area (Å²) < 4.78 is 5.83. The quantitative estimate of drug-likeness (QED) is 0.641. The molecule has 0 bridgehead atoms. The van der Waals surface area contributed by atoms with Crippen molar-refractivity contribution in [3.8, 4) is 5.75 Å². The lowest BCUT2D eigenvalue weighted by atomic mass is 10.2. The maximum absolute atomic E-state index is 13.0. The van der Waals surface area contributed by atoms with Crippen molar-refractivity contribution >= 4 is 23.6 Å².